The highest BCUT2D eigenvalue weighted by molar-refractivity contribution is 5.97. The normalized spacial score (nSPS) is 10.4. The van der Waals surface area contributed by atoms with Crippen LogP contribution < -0.4 is 34.4 Å². The van der Waals surface area contributed by atoms with Gasteiger partial charge in [0.05, 0.1) is 46.8 Å². The van der Waals surface area contributed by atoms with Crippen LogP contribution in [0.1, 0.15) is 26.3 Å². The molecule has 38 heavy (non-hydrogen) atoms. The van der Waals surface area contributed by atoms with Gasteiger partial charge in [-0.1, -0.05) is 18.2 Å². The van der Waals surface area contributed by atoms with E-state index in [9.17, 15) is 14.4 Å². The van der Waals surface area contributed by atoms with Crippen LogP contribution in [0.2, 0.25) is 0 Å². The van der Waals surface area contributed by atoms with Gasteiger partial charge in [0.15, 0.2) is 23.0 Å². The van der Waals surface area contributed by atoms with Gasteiger partial charge < -0.3 is 29.0 Å². The largest absolute Gasteiger partial charge is 0.493 e. The molecule has 0 aromatic heterocycles. The van der Waals surface area contributed by atoms with Gasteiger partial charge in [0.25, 0.3) is 11.8 Å². The third-order valence-electron chi connectivity index (χ3n) is 5.14. The van der Waals surface area contributed by atoms with Crippen molar-refractivity contribution in [1.82, 2.24) is 10.7 Å². The molecule has 0 saturated heterocycles. The van der Waals surface area contributed by atoms with Crippen LogP contribution in [0.3, 0.4) is 0 Å². The number of methoxy groups -OCH3 is 4. The molecule has 0 atom stereocenters. The molecule has 0 aliphatic carbocycles. The number of hydrazone groups is 1. The summed E-state index contributed by atoms with van der Waals surface area (Å²) < 4.78 is 26.4. The molecule has 0 bridgehead atoms. The summed E-state index contributed by atoms with van der Waals surface area (Å²) in [6.07, 6.45) is 1.38. The van der Waals surface area contributed by atoms with Gasteiger partial charge in [-0.25, -0.2) is 10.2 Å². The van der Waals surface area contributed by atoms with Gasteiger partial charge in [-0.15, -0.1) is 0 Å². The minimum Gasteiger partial charge on any atom is -0.493 e. The van der Waals surface area contributed by atoms with E-state index in [1.807, 2.05) is 0 Å². The molecule has 0 aliphatic heterocycles. The molecule has 11 nitrogen and oxygen atoms in total. The van der Waals surface area contributed by atoms with Crippen LogP contribution in [0, 0.1) is 0 Å². The summed E-state index contributed by atoms with van der Waals surface area (Å²) in [6, 6.07) is 16.3. The van der Waals surface area contributed by atoms with E-state index in [0.717, 1.165) is 0 Å². The first-order chi connectivity index (χ1) is 18.4. The van der Waals surface area contributed by atoms with Crippen molar-refractivity contribution in [2.24, 2.45) is 5.10 Å². The zero-order chi connectivity index (χ0) is 27.5. The number of benzene rings is 3. The smallest absolute Gasteiger partial charge is 0.343 e. The number of hydrogen-bond acceptors (Lipinski definition) is 9. The van der Waals surface area contributed by atoms with Gasteiger partial charge in [0.1, 0.15) is 0 Å². The third-order valence-corrected chi connectivity index (χ3v) is 5.14. The van der Waals surface area contributed by atoms with Crippen molar-refractivity contribution in [2.75, 3.05) is 35.0 Å². The predicted octanol–water partition coefficient (Wildman–Crippen LogP) is 2.82. The molecule has 0 fully saturated rings. The number of amides is 2. The van der Waals surface area contributed by atoms with E-state index >= 15 is 0 Å². The molecule has 198 valence electrons. The molecule has 0 aliphatic rings. The summed E-state index contributed by atoms with van der Waals surface area (Å²) in [6.45, 7) is -0.329. The number of carbonyl (C=O) groups excluding carboxylic acids is 3. The summed E-state index contributed by atoms with van der Waals surface area (Å²) in [5, 5.41) is 6.39. The Hall–Kier alpha value is -5.06. The van der Waals surface area contributed by atoms with E-state index in [1.54, 1.807) is 48.5 Å². The highest BCUT2D eigenvalue weighted by atomic mass is 16.6. The maximum Gasteiger partial charge on any atom is 0.343 e. The topological polar surface area (TPSA) is 134 Å². The lowest BCUT2D eigenvalue weighted by atomic mass is 10.1. The summed E-state index contributed by atoms with van der Waals surface area (Å²) in [4.78, 5) is 37.0. The van der Waals surface area contributed by atoms with Gasteiger partial charge >= 0.3 is 5.97 Å². The summed E-state index contributed by atoms with van der Waals surface area (Å²) in [7, 11) is 5.76. The van der Waals surface area contributed by atoms with Crippen LogP contribution in [0.25, 0.3) is 0 Å². The molecule has 0 spiro atoms. The lowest BCUT2D eigenvalue weighted by Crippen LogP contribution is -2.34. The number of nitrogens with zero attached hydrogens (tertiary/aromatic N) is 1. The highest BCUT2D eigenvalue weighted by Gasteiger charge is 2.17. The fourth-order valence-corrected chi connectivity index (χ4v) is 3.27. The maximum absolute atomic E-state index is 12.5. The lowest BCUT2D eigenvalue weighted by Gasteiger charge is -2.14. The summed E-state index contributed by atoms with van der Waals surface area (Å²) >= 11 is 0. The molecule has 0 saturated carbocycles. The number of nitrogens with one attached hydrogen (secondary N) is 2. The minimum atomic E-state index is -0.553. The zero-order valence-electron chi connectivity index (χ0n) is 21.3. The number of esters is 1. The molecule has 2 N–H and O–H groups in total. The standard InChI is InChI=1S/C27H27N3O8/c1-34-21-12-17(10-11-20(21)38-27(33)18-8-6-5-7-9-18)15-29-30-24(31)16-28-26(32)19-13-22(35-2)25(37-4)23(14-19)36-3/h5-15H,16H2,1-4H3,(H,28,32)(H,30,31)/b29-15-. The Kier molecular flexibility index (Phi) is 9.64. The molecule has 3 aromatic carbocycles. The quantitative estimate of drug-likeness (QED) is 0.170. The van der Waals surface area contributed by atoms with Gasteiger partial charge in [0.2, 0.25) is 5.75 Å². The molecule has 3 rings (SSSR count). The van der Waals surface area contributed by atoms with Crippen molar-refractivity contribution in [3.05, 3.63) is 77.4 Å². The first kappa shape index (κ1) is 27.5. The van der Waals surface area contributed by atoms with Crippen molar-refractivity contribution < 1.29 is 38.1 Å². The first-order valence-electron chi connectivity index (χ1n) is 11.3. The Labute approximate surface area is 219 Å². The second kappa shape index (κ2) is 13.3. The van der Waals surface area contributed by atoms with E-state index in [0.29, 0.717) is 34.1 Å². The lowest BCUT2D eigenvalue weighted by molar-refractivity contribution is -0.120. The number of rotatable bonds is 11. The van der Waals surface area contributed by atoms with Crippen molar-refractivity contribution in [1.29, 1.82) is 0 Å². The number of carbonyl (C=O) groups is 3. The third kappa shape index (κ3) is 7.00. The van der Waals surface area contributed by atoms with Crippen molar-refractivity contribution >= 4 is 24.0 Å². The molecule has 3 aromatic rings. The molecule has 11 heteroatoms. The van der Waals surface area contributed by atoms with E-state index in [1.165, 1.54) is 46.8 Å². The zero-order valence-corrected chi connectivity index (χ0v) is 21.3. The SMILES string of the molecule is COc1cc(/C=N\NC(=O)CNC(=O)c2cc(OC)c(OC)c(OC)c2)ccc1OC(=O)c1ccccc1. The average molecular weight is 522 g/mol. The molecule has 0 heterocycles. The van der Waals surface area contributed by atoms with Crippen molar-refractivity contribution in [2.45, 2.75) is 0 Å². The van der Waals surface area contributed by atoms with Crippen LogP contribution in [-0.4, -0.2) is 59.0 Å². The van der Waals surface area contributed by atoms with Crippen LogP contribution in [-0.2, 0) is 4.79 Å². The fraction of sp³-hybridized carbons (Fsp3) is 0.185. The van der Waals surface area contributed by atoms with Gasteiger partial charge in [-0.2, -0.15) is 5.10 Å². The molecular weight excluding hydrogens is 494 g/mol. The van der Waals surface area contributed by atoms with Gasteiger partial charge in [-0.05, 0) is 48.0 Å². The van der Waals surface area contributed by atoms with Crippen LogP contribution >= 0.6 is 0 Å². The summed E-state index contributed by atoms with van der Waals surface area (Å²) in [5.74, 6) is -0.0937. The minimum absolute atomic E-state index is 0.218. The van der Waals surface area contributed by atoms with Crippen molar-refractivity contribution in [3.63, 3.8) is 0 Å². The van der Waals surface area contributed by atoms with E-state index < -0.39 is 17.8 Å². The van der Waals surface area contributed by atoms with Crippen LogP contribution in [0.15, 0.2) is 65.8 Å². The Morgan fingerprint density at radius 3 is 2.03 bits per heavy atom. The van der Waals surface area contributed by atoms with E-state index in [4.69, 9.17) is 23.7 Å². The van der Waals surface area contributed by atoms with Crippen LogP contribution in [0.5, 0.6) is 28.7 Å². The van der Waals surface area contributed by atoms with Crippen molar-refractivity contribution in [3.8, 4) is 28.7 Å². The fourth-order valence-electron chi connectivity index (χ4n) is 3.27. The summed E-state index contributed by atoms with van der Waals surface area (Å²) in [5.41, 5.74) is 3.52. The first-order valence-corrected chi connectivity index (χ1v) is 11.3. The van der Waals surface area contributed by atoms with E-state index in [-0.39, 0.29) is 17.9 Å². The second-order valence-electron chi connectivity index (χ2n) is 7.56. The Bertz CT molecular complexity index is 1300. The molecular formula is C27H27N3O8. The monoisotopic (exact) mass is 521 g/mol. The molecule has 2 amide bonds. The second-order valence-corrected chi connectivity index (χ2v) is 7.56. The number of hydrogen-bond donors (Lipinski definition) is 2. The van der Waals surface area contributed by atoms with Gasteiger partial charge in [0, 0.05) is 5.56 Å². The molecule has 0 radical (unpaired) electrons. The Morgan fingerprint density at radius 2 is 1.42 bits per heavy atom. The van der Waals surface area contributed by atoms with Gasteiger partial charge in [-0.3, -0.25) is 9.59 Å². The molecule has 0 unspecified atom stereocenters. The van der Waals surface area contributed by atoms with E-state index in [2.05, 4.69) is 15.8 Å². The van der Waals surface area contributed by atoms with Crippen LogP contribution in [0.4, 0.5) is 0 Å². The number of ether oxygens (including phenoxy) is 5. The predicted molar refractivity (Wildman–Crippen MR) is 139 cm³/mol. The maximum atomic E-state index is 12.5. The highest BCUT2D eigenvalue weighted by Crippen LogP contribution is 2.38. The average Bonchev–Trinajstić information content (AvgIpc) is 2.95. The Morgan fingerprint density at radius 1 is 0.763 bits per heavy atom. The Balaban J connectivity index is 1.56.